The Hall–Kier alpha value is -1.67. The van der Waals surface area contributed by atoms with E-state index >= 15 is 0 Å². The summed E-state index contributed by atoms with van der Waals surface area (Å²) in [5, 5.41) is 13.6. The molecule has 0 aromatic carbocycles. The minimum atomic E-state index is -0.911. The molecule has 1 rings (SSSR count). The first-order valence-corrected chi connectivity index (χ1v) is 6.48. The van der Waals surface area contributed by atoms with E-state index in [1.807, 2.05) is 0 Å². The highest BCUT2D eigenvalue weighted by atomic mass is 16.5. The number of imide groups is 1. The summed E-state index contributed by atoms with van der Waals surface area (Å²) in [6, 6.07) is -0.473. The van der Waals surface area contributed by atoms with Crippen LogP contribution in [-0.4, -0.2) is 66.3 Å². The van der Waals surface area contributed by atoms with Crippen molar-refractivity contribution in [3.8, 4) is 0 Å². The molecule has 114 valence electrons. The first-order chi connectivity index (χ1) is 9.38. The number of hydrogen-bond donors (Lipinski definition) is 3. The van der Waals surface area contributed by atoms with Crippen molar-refractivity contribution in [3.63, 3.8) is 0 Å². The van der Waals surface area contributed by atoms with Crippen LogP contribution in [0.2, 0.25) is 0 Å². The van der Waals surface area contributed by atoms with Crippen LogP contribution >= 0.6 is 0 Å². The van der Waals surface area contributed by atoms with Crippen LogP contribution in [0.25, 0.3) is 0 Å². The van der Waals surface area contributed by atoms with Crippen molar-refractivity contribution in [1.82, 2.24) is 15.5 Å². The van der Waals surface area contributed by atoms with Crippen molar-refractivity contribution in [3.05, 3.63) is 0 Å². The second kappa shape index (κ2) is 7.20. The number of aliphatic hydroxyl groups is 1. The number of carbonyl (C=O) groups excluding carboxylic acids is 3. The van der Waals surface area contributed by atoms with E-state index in [-0.39, 0.29) is 38.0 Å². The van der Waals surface area contributed by atoms with Gasteiger partial charge in [-0.1, -0.05) is 0 Å². The topological polar surface area (TPSA) is 108 Å². The first kappa shape index (κ1) is 16.4. The van der Waals surface area contributed by atoms with Gasteiger partial charge in [0.2, 0.25) is 5.91 Å². The standard InChI is InChI=1S/C12H21N3O5/c1-12(2)10(18)15(11(19)14-12)5-3-9(17)13-4-7-20-8-6-16/h16H,3-8H2,1-2H3,(H,13,17)(H,14,19). The van der Waals surface area contributed by atoms with Crippen LogP contribution in [0.15, 0.2) is 0 Å². The normalized spacial score (nSPS) is 17.2. The molecule has 0 radical (unpaired) electrons. The van der Waals surface area contributed by atoms with E-state index in [0.29, 0.717) is 13.2 Å². The van der Waals surface area contributed by atoms with Crippen molar-refractivity contribution in [2.24, 2.45) is 0 Å². The zero-order valence-corrected chi connectivity index (χ0v) is 11.8. The minimum Gasteiger partial charge on any atom is -0.394 e. The Kier molecular flexibility index (Phi) is 5.90. The molecule has 1 aliphatic rings. The molecule has 8 heteroatoms. The highest BCUT2D eigenvalue weighted by Gasteiger charge is 2.43. The molecular formula is C12H21N3O5. The fourth-order valence-corrected chi connectivity index (χ4v) is 1.75. The minimum absolute atomic E-state index is 0.0508. The molecular weight excluding hydrogens is 266 g/mol. The molecule has 0 bridgehead atoms. The smallest absolute Gasteiger partial charge is 0.325 e. The summed E-state index contributed by atoms with van der Waals surface area (Å²) < 4.78 is 4.98. The van der Waals surface area contributed by atoms with Crippen LogP contribution in [0.5, 0.6) is 0 Å². The van der Waals surface area contributed by atoms with E-state index in [1.165, 1.54) is 0 Å². The average molecular weight is 287 g/mol. The quantitative estimate of drug-likeness (QED) is 0.385. The number of nitrogens with zero attached hydrogens (tertiary/aromatic N) is 1. The lowest BCUT2D eigenvalue weighted by molar-refractivity contribution is -0.130. The molecule has 4 amide bonds. The van der Waals surface area contributed by atoms with Gasteiger partial charge in [0.1, 0.15) is 5.54 Å². The van der Waals surface area contributed by atoms with Crippen LogP contribution in [0.1, 0.15) is 20.3 Å². The summed E-state index contributed by atoms with van der Waals surface area (Å²) in [4.78, 5) is 36.0. The third-order valence-corrected chi connectivity index (χ3v) is 2.81. The van der Waals surface area contributed by atoms with Crippen LogP contribution in [-0.2, 0) is 14.3 Å². The van der Waals surface area contributed by atoms with Crippen LogP contribution in [0.4, 0.5) is 4.79 Å². The molecule has 0 aliphatic carbocycles. The molecule has 3 N–H and O–H groups in total. The van der Waals surface area contributed by atoms with Crippen LogP contribution < -0.4 is 10.6 Å². The highest BCUT2D eigenvalue weighted by molar-refractivity contribution is 6.06. The van der Waals surface area contributed by atoms with Gasteiger partial charge >= 0.3 is 6.03 Å². The predicted molar refractivity (Wildman–Crippen MR) is 69.9 cm³/mol. The average Bonchev–Trinajstić information content (AvgIpc) is 2.56. The number of nitrogens with one attached hydrogen (secondary N) is 2. The second-order valence-electron chi connectivity index (χ2n) is 4.95. The third-order valence-electron chi connectivity index (χ3n) is 2.81. The van der Waals surface area contributed by atoms with Gasteiger partial charge in [-0.05, 0) is 13.8 Å². The number of rotatable bonds is 8. The second-order valence-corrected chi connectivity index (χ2v) is 4.95. The summed E-state index contributed by atoms with van der Waals surface area (Å²) in [5.41, 5.74) is -0.911. The molecule has 0 saturated carbocycles. The van der Waals surface area contributed by atoms with Gasteiger partial charge in [-0.3, -0.25) is 14.5 Å². The molecule has 1 saturated heterocycles. The Morgan fingerprint density at radius 3 is 2.65 bits per heavy atom. The predicted octanol–water partition coefficient (Wildman–Crippen LogP) is -1.17. The maximum Gasteiger partial charge on any atom is 0.325 e. The highest BCUT2D eigenvalue weighted by Crippen LogP contribution is 2.16. The number of urea groups is 1. The molecule has 8 nitrogen and oxygen atoms in total. The summed E-state index contributed by atoms with van der Waals surface area (Å²) in [6.45, 7) is 4.09. The first-order valence-electron chi connectivity index (χ1n) is 6.48. The largest absolute Gasteiger partial charge is 0.394 e. The molecule has 0 aromatic heterocycles. The van der Waals surface area contributed by atoms with Crippen LogP contribution in [0.3, 0.4) is 0 Å². The monoisotopic (exact) mass is 287 g/mol. The van der Waals surface area contributed by atoms with Crippen molar-refractivity contribution >= 4 is 17.8 Å². The lowest BCUT2D eigenvalue weighted by atomic mass is 10.1. The van der Waals surface area contributed by atoms with Gasteiger partial charge in [0.05, 0.1) is 19.8 Å². The molecule has 0 unspecified atom stereocenters. The Bertz CT molecular complexity index is 383. The summed E-state index contributed by atoms with van der Waals surface area (Å²) in [5.74, 6) is -0.593. The lowest BCUT2D eigenvalue weighted by Gasteiger charge is -2.15. The fraction of sp³-hybridized carbons (Fsp3) is 0.750. The van der Waals surface area contributed by atoms with Gasteiger partial charge < -0.3 is 20.5 Å². The van der Waals surface area contributed by atoms with E-state index in [4.69, 9.17) is 9.84 Å². The molecule has 1 fully saturated rings. The maximum absolute atomic E-state index is 11.8. The van der Waals surface area contributed by atoms with E-state index in [1.54, 1.807) is 13.8 Å². The van der Waals surface area contributed by atoms with E-state index in [9.17, 15) is 14.4 Å². The van der Waals surface area contributed by atoms with E-state index < -0.39 is 11.6 Å². The lowest BCUT2D eigenvalue weighted by Crippen LogP contribution is -2.40. The molecule has 0 spiro atoms. The van der Waals surface area contributed by atoms with Crippen LogP contribution in [0, 0.1) is 0 Å². The van der Waals surface area contributed by atoms with Crippen molar-refractivity contribution in [2.75, 3.05) is 32.9 Å². The Labute approximate surface area is 117 Å². The Morgan fingerprint density at radius 2 is 2.10 bits per heavy atom. The van der Waals surface area contributed by atoms with E-state index in [0.717, 1.165) is 4.90 Å². The number of carbonyl (C=O) groups is 3. The summed E-state index contributed by atoms with van der Waals surface area (Å²) >= 11 is 0. The molecule has 0 aromatic rings. The number of ether oxygens (including phenoxy) is 1. The van der Waals surface area contributed by atoms with Gasteiger partial charge in [0.25, 0.3) is 5.91 Å². The summed E-state index contributed by atoms with van der Waals surface area (Å²) in [7, 11) is 0. The SMILES string of the molecule is CC1(C)NC(=O)N(CCC(=O)NCCOCCO)C1=O. The Balaban J connectivity index is 2.24. The number of hydrogen-bond acceptors (Lipinski definition) is 5. The molecule has 1 aliphatic heterocycles. The van der Waals surface area contributed by atoms with Gasteiger partial charge in [-0.25, -0.2) is 4.79 Å². The van der Waals surface area contributed by atoms with Crippen molar-refractivity contribution in [1.29, 1.82) is 0 Å². The van der Waals surface area contributed by atoms with Gasteiger partial charge in [0.15, 0.2) is 0 Å². The fourth-order valence-electron chi connectivity index (χ4n) is 1.75. The van der Waals surface area contributed by atoms with Crippen molar-refractivity contribution in [2.45, 2.75) is 25.8 Å². The van der Waals surface area contributed by atoms with Crippen molar-refractivity contribution < 1.29 is 24.2 Å². The van der Waals surface area contributed by atoms with Gasteiger partial charge in [0, 0.05) is 19.5 Å². The molecule has 1 heterocycles. The zero-order valence-electron chi connectivity index (χ0n) is 11.8. The zero-order chi connectivity index (χ0) is 15.2. The molecule has 20 heavy (non-hydrogen) atoms. The Morgan fingerprint density at radius 1 is 1.40 bits per heavy atom. The van der Waals surface area contributed by atoms with Gasteiger partial charge in [-0.15, -0.1) is 0 Å². The van der Waals surface area contributed by atoms with Gasteiger partial charge in [-0.2, -0.15) is 0 Å². The molecule has 0 atom stereocenters. The third kappa shape index (κ3) is 4.46. The maximum atomic E-state index is 11.8. The van der Waals surface area contributed by atoms with E-state index in [2.05, 4.69) is 10.6 Å². The number of amides is 4. The summed E-state index contributed by atoms with van der Waals surface area (Å²) in [6.07, 6.45) is 0.0508. The number of aliphatic hydroxyl groups excluding tert-OH is 1.